The van der Waals surface area contributed by atoms with Crippen molar-refractivity contribution in [2.24, 2.45) is 0 Å². The lowest BCUT2D eigenvalue weighted by molar-refractivity contribution is -0.113. The Morgan fingerprint density at radius 2 is 1.42 bits per heavy atom. The summed E-state index contributed by atoms with van der Waals surface area (Å²) in [6.45, 7) is 13.0. The molecule has 0 aliphatic carbocycles. The molecule has 31 heavy (non-hydrogen) atoms. The Kier molecular flexibility index (Phi) is 6.46. The van der Waals surface area contributed by atoms with E-state index in [1.807, 2.05) is 36.4 Å². The van der Waals surface area contributed by atoms with Crippen LogP contribution in [0.5, 0.6) is 0 Å². The molecule has 0 fully saturated rings. The lowest BCUT2D eigenvalue weighted by atomic mass is 9.87. The van der Waals surface area contributed by atoms with E-state index < -0.39 is 0 Å². The van der Waals surface area contributed by atoms with Gasteiger partial charge in [0.15, 0.2) is 5.82 Å². The fourth-order valence-corrected chi connectivity index (χ4v) is 3.73. The summed E-state index contributed by atoms with van der Waals surface area (Å²) >= 11 is 1.26. The summed E-state index contributed by atoms with van der Waals surface area (Å²) in [5.41, 5.74) is 4.27. The molecule has 0 aliphatic heterocycles. The Morgan fingerprint density at radius 1 is 0.903 bits per heavy atom. The molecule has 164 valence electrons. The Labute approximate surface area is 188 Å². The maximum Gasteiger partial charge on any atom is 0.234 e. The third kappa shape index (κ3) is 5.67. The number of nitrogens with two attached hydrogens (primary N) is 1. The lowest BCUT2D eigenvalue weighted by Gasteiger charge is -2.19. The van der Waals surface area contributed by atoms with Crippen molar-refractivity contribution in [2.45, 2.75) is 57.5 Å². The lowest BCUT2D eigenvalue weighted by Crippen LogP contribution is -2.17. The van der Waals surface area contributed by atoms with Crippen LogP contribution in [-0.2, 0) is 15.6 Å². The summed E-state index contributed by atoms with van der Waals surface area (Å²) < 4.78 is 1.43. The van der Waals surface area contributed by atoms with Crippen LogP contribution >= 0.6 is 11.8 Å². The molecule has 0 unspecified atom stereocenters. The van der Waals surface area contributed by atoms with Crippen LogP contribution in [0, 0.1) is 0 Å². The first-order chi connectivity index (χ1) is 14.4. The van der Waals surface area contributed by atoms with E-state index in [-0.39, 0.29) is 22.5 Å². The van der Waals surface area contributed by atoms with Gasteiger partial charge in [-0.15, -0.1) is 10.2 Å². The van der Waals surface area contributed by atoms with E-state index >= 15 is 0 Å². The second-order valence-electron chi connectivity index (χ2n) is 9.67. The molecule has 3 aromatic rings. The highest BCUT2D eigenvalue weighted by atomic mass is 32.2. The van der Waals surface area contributed by atoms with Crippen molar-refractivity contribution in [3.63, 3.8) is 0 Å². The monoisotopic (exact) mass is 437 g/mol. The van der Waals surface area contributed by atoms with Gasteiger partial charge in [0.1, 0.15) is 0 Å². The number of hydrogen-bond acceptors (Lipinski definition) is 5. The standard InChI is InChI=1S/C24H31N5OS/c1-23(2,3)17-9-7-16(8-10-17)21-27-28-22(29(21)25)31-15-20(30)26-19-13-11-18(12-14-19)24(4,5)6/h7-14H,15,25H2,1-6H3,(H,26,30). The van der Waals surface area contributed by atoms with E-state index in [1.54, 1.807) is 0 Å². The predicted octanol–water partition coefficient (Wildman–Crippen LogP) is 4.98. The average Bonchev–Trinajstić information content (AvgIpc) is 3.06. The molecular formula is C24H31N5OS. The number of carbonyl (C=O) groups excluding carboxylic acids is 1. The van der Waals surface area contributed by atoms with Crippen molar-refractivity contribution in [1.82, 2.24) is 14.9 Å². The van der Waals surface area contributed by atoms with Gasteiger partial charge in [-0.1, -0.05) is 89.7 Å². The molecule has 1 amide bonds. The van der Waals surface area contributed by atoms with E-state index in [4.69, 9.17) is 5.84 Å². The Morgan fingerprint density at radius 3 is 1.94 bits per heavy atom. The minimum atomic E-state index is -0.118. The van der Waals surface area contributed by atoms with Gasteiger partial charge in [-0.2, -0.15) is 0 Å². The number of amides is 1. The fraction of sp³-hybridized carbons (Fsp3) is 0.375. The topological polar surface area (TPSA) is 85.8 Å². The summed E-state index contributed by atoms with van der Waals surface area (Å²) in [4.78, 5) is 12.4. The van der Waals surface area contributed by atoms with Crippen LogP contribution in [0.25, 0.3) is 11.4 Å². The summed E-state index contributed by atoms with van der Waals surface area (Å²) in [5.74, 6) is 6.84. The number of rotatable bonds is 5. The molecule has 3 N–H and O–H groups in total. The van der Waals surface area contributed by atoms with Crippen LogP contribution in [0.3, 0.4) is 0 Å². The number of benzene rings is 2. The molecule has 2 aromatic carbocycles. The van der Waals surface area contributed by atoms with Gasteiger partial charge in [0.05, 0.1) is 5.75 Å². The van der Waals surface area contributed by atoms with Gasteiger partial charge in [0.25, 0.3) is 0 Å². The van der Waals surface area contributed by atoms with Crippen molar-refractivity contribution in [2.75, 3.05) is 16.9 Å². The van der Waals surface area contributed by atoms with E-state index in [1.165, 1.54) is 27.6 Å². The molecular weight excluding hydrogens is 406 g/mol. The Hall–Kier alpha value is -2.80. The molecule has 3 rings (SSSR count). The summed E-state index contributed by atoms with van der Waals surface area (Å²) in [6.07, 6.45) is 0. The number of nitrogens with zero attached hydrogens (tertiary/aromatic N) is 3. The maximum absolute atomic E-state index is 12.4. The highest BCUT2D eigenvalue weighted by Gasteiger charge is 2.17. The highest BCUT2D eigenvalue weighted by molar-refractivity contribution is 7.99. The van der Waals surface area contributed by atoms with Crippen molar-refractivity contribution in [3.8, 4) is 11.4 Å². The van der Waals surface area contributed by atoms with Gasteiger partial charge in [0.2, 0.25) is 11.1 Å². The number of thioether (sulfide) groups is 1. The quantitative estimate of drug-likeness (QED) is 0.434. The van der Waals surface area contributed by atoms with Crippen molar-refractivity contribution in [1.29, 1.82) is 0 Å². The number of aromatic nitrogens is 3. The van der Waals surface area contributed by atoms with Gasteiger partial charge in [-0.3, -0.25) is 4.79 Å². The van der Waals surface area contributed by atoms with Crippen LogP contribution in [-0.4, -0.2) is 26.5 Å². The minimum Gasteiger partial charge on any atom is -0.335 e. The molecule has 7 heteroatoms. The first kappa shape index (κ1) is 22.9. The SMILES string of the molecule is CC(C)(C)c1ccc(NC(=O)CSc2nnc(-c3ccc(C(C)(C)C)cc3)n2N)cc1. The molecule has 0 aliphatic rings. The van der Waals surface area contributed by atoms with Crippen molar-refractivity contribution >= 4 is 23.4 Å². The van der Waals surface area contributed by atoms with E-state index in [0.29, 0.717) is 11.0 Å². The molecule has 0 bridgehead atoms. The van der Waals surface area contributed by atoms with E-state index in [0.717, 1.165) is 11.3 Å². The van der Waals surface area contributed by atoms with Crippen molar-refractivity contribution in [3.05, 3.63) is 59.7 Å². The molecule has 0 radical (unpaired) electrons. The number of nitrogens with one attached hydrogen (secondary N) is 1. The zero-order chi connectivity index (χ0) is 22.8. The second kappa shape index (κ2) is 8.75. The first-order valence-electron chi connectivity index (χ1n) is 10.3. The molecule has 0 saturated heterocycles. The fourth-order valence-electron chi connectivity index (χ4n) is 3.07. The second-order valence-corrected chi connectivity index (χ2v) is 10.6. The number of anilines is 1. The van der Waals surface area contributed by atoms with Gasteiger partial charge in [0, 0.05) is 11.3 Å². The largest absolute Gasteiger partial charge is 0.335 e. The number of hydrogen-bond donors (Lipinski definition) is 2. The normalized spacial score (nSPS) is 12.1. The molecule has 0 atom stereocenters. The third-order valence-electron chi connectivity index (χ3n) is 5.04. The molecule has 1 aromatic heterocycles. The van der Waals surface area contributed by atoms with Gasteiger partial charge in [-0.25, -0.2) is 4.68 Å². The van der Waals surface area contributed by atoms with Gasteiger partial charge < -0.3 is 11.2 Å². The van der Waals surface area contributed by atoms with Crippen LogP contribution in [0.15, 0.2) is 53.7 Å². The molecule has 6 nitrogen and oxygen atoms in total. The third-order valence-corrected chi connectivity index (χ3v) is 5.98. The summed E-state index contributed by atoms with van der Waals surface area (Å²) in [7, 11) is 0. The van der Waals surface area contributed by atoms with Crippen LogP contribution < -0.4 is 11.2 Å². The molecule has 0 spiro atoms. The van der Waals surface area contributed by atoms with Gasteiger partial charge in [-0.05, 0) is 34.1 Å². The Bertz CT molecular complexity index is 1040. The van der Waals surface area contributed by atoms with Crippen molar-refractivity contribution < 1.29 is 4.79 Å². The minimum absolute atomic E-state index is 0.0777. The van der Waals surface area contributed by atoms with E-state index in [2.05, 4.69) is 69.2 Å². The maximum atomic E-state index is 12.4. The van der Waals surface area contributed by atoms with Crippen LogP contribution in [0.4, 0.5) is 5.69 Å². The smallest absolute Gasteiger partial charge is 0.234 e. The predicted molar refractivity (Wildman–Crippen MR) is 129 cm³/mol. The number of nitrogen functional groups attached to an aromatic ring is 1. The average molecular weight is 438 g/mol. The zero-order valence-electron chi connectivity index (χ0n) is 19.1. The van der Waals surface area contributed by atoms with Crippen LogP contribution in [0.1, 0.15) is 52.7 Å². The van der Waals surface area contributed by atoms with E-state index in [9.17, 15) is 4.79 Å². The Balaban J connectivity index is 1.61. The highest BCUT2D eigenvalue weighted by Crippen LogP contribution is 2.27. The molecule has 0 saturated carbocycles. The number of carbonyl (C=O) groups is 1. The summed E-state index contributed by atoms with van der Waals surface area (Å²) in [6, 6.07) is 16.1. The van der Waals surface area contributed by atoms with Crippen LogP contribution in [0.2, 0.25) is 0 Å². The zero-order valence-corrected chi connectivity index (χ0v) is 19.9. The van der Waals surface area contributed by atoms with Gasteiger partial charge >= 0.3 is 0 Å². The summed E-state index contributed by atoms with van der Waals surface area (Å²) in [5, 5.41) is 11.8. The molecule has 1 heterocycles. The first-order valence-corrected chi connectivity index (χ1v) is 11.3.